The number of benzene rings is 1. The molecule has 84 valence electrons. The molecule has 0 spiro atoms. The number of halogens is 2. The molecule has 1 aromatic carbocycles. The topological polar surface area (TPSA) is 30.7 Å². The van der Waals surface area contributed by atoms with Crippen molar-refractivity contribution in [3.63, 3.8) is 0 Å². The molecule has 0 atom stereocenters. The molecule has 16 heavy (non-hydrogen) atoms. The molecule has 0 aliphatic carbocycles. The van der Waals surface area contributed by atoms with Gasteiger partial charge in [0.2, 0.25) is 0 Å². The Labute approximate surface area is 104 Å². The van der Waals surface area contributed by atoms with Gasteiger partial charge in [-0.15, -0.1) is 10.2 Å². The second-order valence-corrected chi connectivity index (χ2v) is 4.54. The summed E-state index contributed by atoms with van der Waals surface area (Å²) in [4.78, 5) is 0. The van der Waals surface area contributed by atoms with Crippen molar-refractivity contribution in [2.75, 3.05) is 0 Å². The van der Waals surface area contributed by atoms with Gasteiger partial charge >= 0.3 is 0 Å². The third-order valence-electron chi connectivity index (χ3n) is 2.32. The lowest BCUT2D eigenvalue weighted by molar-refractivity contribution is 0.604. The minimum atomic E-state index is 0.278. The van der Waals surface area contributed by atoms with Gasteiger partial charge in [-0.1, -0.05) is 29.3 Å². The largest absolute Gasteiger partial charge is 0.311 e. The molecule has 0 N–H and O–H groups in total. The lowest BCUT2D eigenvalue weighted by Gasteiger charge is -2.11. The van der Waals surface area contributed by atoms with Crippen LogP contribution in [0.4, 0.5) is 0 Å². The highest BCUT2D eigenvalue weighted by molar-refractivity contribution is 6.43. The summed E-state index contributed by atoms with van der Waals surface area (Å²) in [5.74, 6) is 0.738. The van der Waals surface area contributed by atoms with Gasteiger partial charge in [0.25, 0.3) is 0 Å². The van der Waals surface area contributed by atoms with Gasteiger partial charge in [0.05, 0.1) is 10.0 Å². The third kappa shape index (κ3) is 1.93. The Hall–Kier alpha value is -1.06. The Kier molecular flexibility index (Phi) is 3.17. The van der Waals surface area contributed by atoms with Gasteiger partial charge in [0, 0.05) is 11.6 Å². The third-order valence-corrected chi connectivity index (χ3v) is 3.14. The number of hydrogen-bond donors (Lipinski definition) is 0. The van der Waals surface area contributed by atoms with Crippen LogP contribution in [0.1, 0.15) is 19.9 Å². The molecule has 5 heteroatoms. The first kappa shape index (κ1) is 11.4. The van der Waals surface area contributed by atoms with Crippen LogP contribution in [0, 0.1) is 0 Å². The Balaban J connectivity index is 2.59. The summed E-state index contributed by atoms with van der Waals surface area (Å²) in [6, 6.07) is 5.77. The molecule has 0 saturated carbocycles. The van der Waals surface area contributed by atoms with Gasteiger partial charge in [-0.05, 0) is 26.0 Å². The molecule has 0 amide bonds. The van der Waals surface area contributed by atoms with E-state index in [0.29, 0.717) is 10.0 Å². The molecule has 0 unspecified atom stereocenters. The van der Waals surface area contributed by atoms with Gasteiger partial charge in [0.1, 0.15) is 6.33 Å². The molecule has 0 saturated heterocycles. The van der Waals surface area contributed by atoms with Crippen molar-refractivity contribution in [2.45, 2.75) is 19.9 Å². The lowest BCUT2D eigenvalue weighted by Crippen LogP contribution is -2.02. The van der Waals surface area contributed by atoms with Crippen molar-refractivity contribution in [1.82, 2.24) is 14.8 Å². The highest BCUT2D eigenvalue weighted by Crippen LogP contribution is 2.32. The first-order chi connectivity index (χ1) is 7.61. The van der Waals surface area contributed by atoms with Crippen LogP contribution in [0.25, 0.3) is 11.4 Å². The van der Waals surface area contributed by atoms with Gasteiger partial charge in [-0.3, -0.25) is 0 Å². The lowest BCUT2D eigenvalue weighted by atomic mass is 10.2. The fourth-order valence-corrected chi connectivity index (χ4v) is 1.87. The molecule has 2 rings (SSSR count). The molecule has 0 radical (unpaired) electrons. The van der Waals surface area contributed by atoms with Gasteiger partial charge < -0.3 is 4.57 Å². The number of nitrogens with zero attached hydrogens (tertiary/aromatic N) is 3. The van der Waals surface area contributed by atoms with Crippen LogP contribution in [0.3, 0.4) is 0 Å². The first-order valence-corrected chi connectivity index (χ1v) is 5.70. The summed E-state index contributed by atoms with van der Waals surface area (Å²) >= 11 is 12.1. The summed E-state index contributed by atoms with van der Waals surface area (Å²) in [5.41, 5.74) is 0.806. The Morgan fingerprint density at radius 3 is 2.69 bits per heavy atom. The summed E-state index contributed by atoms with van der Waals surface area (Å²) in [7, 11) is 0. The second-order valence-electron chi connectivity index (χ2n) is 3.76. The zero-order chi connectivity index (χ0) is 11.7. The predicted octanol–water partition coefficient (Wildman–Crippen LogP) is 3.83. The van der Waals surface area contributed by atoms with Crippen molar-refractivity contribution in [2.24, 2.45) is 0 Å². The average molecular weight is 256 g/mol. The Morgan fingerprint density at radius 1 is 1.25 bits per heavy atom. The SMILES string of the molecule is CC(C)n1cnnc1-c1cccc(Cl)c1Cl. The maximum Gasteiger partial charge on any atom is 0.165 e. The highest BCUT2D eigenvalue weighted by Gasteiger charge is 2.14. The summed E-state index contributed by atoms with van der Waals surface area (Å²) in [6.07, 6.45) is 1.69. The fourth-order valence-electron chi connectivity index (χ4n) is 1.49. The van der Waals surface area contributed by atoms with E-state index in [-0.39, 0.29) is 6.04 Å². The van der Waals surface area contributed by atoms with Crippen LogP contribution in [0.15, 0.2) is 24.5 Å². The molecule has 3 nitrogen and oxygen atoms in total. The maximum absolute atomic E-state index is 6.15. The molecule has 0 aliphatic rings. The molecule has 0 aliphatic heterocycles. The molecule has 1 heterocycles. The van der Waals surface area contributed by atoms with E-state index in [1.807, 2.05) is 16.7 Å². The van der Waals surface area contributed by atoms with Gasteiger partial charge in [-0.25, -0.2) is 0 Å². The van der Waals surface area contributed by atoms with Crippen LogP contribution < -0.4 is 0 Å². The summed E-state index contributed by atoms with van der Waals surface area (Å²) in [5, 5.41) is 9.02. The summed E-state index contributed by atoms with van der Waals surface area (Å²) < 4.78 is 1.96. The molecule has 0 bridgehead atoms. The second kappa shape index (κ2) is 4.44. The van der Waals surface area contributed by atoms with Crippen molar-refractivity contribution in [3.8, 4) is 11.4 Å². The monoisotopic (exact) mass is 255 g/mol. The van der Waals surface area contributed by atoms with Crippen LogP contribution in [0.2, 0.25) is 10.0 Å². The first-order valence-electron chi connectivity index (χ1n) is 4.95. The van der Waals surface area contributed by atoms with E-state index in [1.165, 1.54) is 0 Å². The molecular weight excluding hydrogens is 245 g/mol. The average Bonchev–Trinajstić information content (AvgIpc) is 2.70. The summed E-state index contributed by atoms with van der Waals surface area (Å²) in [6.45, 7) is 4.12. The van der Waals surface area contributed by atoms with Crippen LogP contribution in [-0.2, 0) is 0 Å². The van der Waals surface area contributed by atoms with Crippen molar-refractivity contribution in [3.05, 3.63) is 34.6 Å². The predicted molar refractivity (Wildman–Crippen MR) is 65.9 cm³/mol. The Morgan fingerprint density at radius 2 is 2.00 bits per heavy atom. The molecule has 1 aromatic heterocycles. The zero-order valence-electron chi connectivity index (χ0n) is 8.98. The van der Waals surface area contributed by atoms with Crippen LogP contribution in [0.5, 0.6) is 0 Å². The van der Waals surface area contributed by atoms with E-state index in [9.17, 15) is 0 Å². The standard InChI is InChI=1S/C11H11Cl2N3/c1-7(2)16-6-14-15-11(16)8-4-3-5-9(12)10(8)13/h3-7H,1-2H3. The van der Waals surface area contributed by atoms with E-state index in [4.69, 9.17) is 23.2 Å². The molecular formula is C11H11Cl2N3. The smallest absolute Gasteiger partial charge is 0.165 e. The minimum absolute atomic E-state index is 0.278. The minimum Gasteiger partial charge on any atom is -0.311 e. The number of aromatic nitrogens is 3. The van der Waals surface area contributed by atoms with Crippen LogP contribution in [-0.4, -0.2) is 14.8 Å². The van der Waals surface area contributed by atoms with Crippen molar-refractivity contribution < 1.29 is 0 Å². The zero-order valence-corrected chi connectivity index (χ0v) is 10.5. The van der Waals surface area contributed by atoms with E-state index < -0.39 is 0 Å². The van der Waals surface area contributed by atoms with Gasteiger partial charge in [-0.2, -0.15) is 0 Å². The van der Waals surface area contributed by atoms with E-state index in [2.05, 4.69) is 24.0 Å². The van der Waals surface area contributed by atoms with E-state index >= 15 is 0 Å². The van der Waals surface area contributed by atoms with Crippen molar-refractivity contribution >= 4 is 23.2 Å². The van der Waals surface area contributed by atoms with Crippen molar-refractivity contribution in [1.29, 1.82) is 0 Å². The molecule has 0 fully saturated rings. The Bertz CT molecular complexity index is 506. The quantitative estimate of drug-likeness (QED) is 0.817. The number of hydrogen-bond acceptors (Lipinski definition) is 2. The van der Waals surface area contributed by atoms with E-state index in [0.717, 1.165) is 11.4 Å². The van der Waals surface area contributed by atoms with Gasteiger partial charge in [0.15, 0.2) is 5.82 Å². The molecule has 2 aromatic rings. The number of rotatable bonds is 2. The normalized spacial score (nSPS) is 11.1. The van der Waals surface area contributed by atoms with E-state index in [1.54, 1.807) is 12.4 Å². The maximum atomic E-state index is 6.15. The fraction of sp³-hybridized carbons (Fsp3) is 0.273. The van der Waals surface area contributed by atoms with Crippen LogP contribution >= 0.6 is 23.2 Å². The highest BCUT2D eigenvalue weighted by atomic mass is 35.5.